The van der Waals surface area contributed by atoms with E-state index in [1.807, 2.05) is 24.0 Å². The molecule has 2 rings (SSSR count). The molecule has 0 radical (unpaired) electrons. The summed E-state index contributed by atoms with van der Waals surface area (Å²) in [6, 6.07) is 9.58. The van der Waals surface area contributed by atoms with Gasteiger partial charge in [0.1, 0.15) is 0 Å². The molecule has 21 heavy (non-hydrogen) atoms. The van der Waals surface area contributed by atoms with Crippen molar-refractivity contribution in [2.45, 2.75) is 45.2 Å². The van der Waals surface area contributed by atoms with E-state index in [4.69, 9.17) is 5.26 Å². The highest BCUT2D eigenvalue weighted by Crippen LogP contribution is 2.22. The molecule has 0 bridgehead atoms. The Bertz CT molecular complexity index is 524. The standard InChI is InChI=1S/C17H23N3O/c1-3-11-20(16(21)17(2)9-4-10-19-17)13-15-7-5-14(12-18)6-8-15/h5-8,19H,3-4,9-11,13H2,1-2H3. The van der Waals surface area contributed by atoms with E-state index >= 15 is 0 Å². The van der Waals surface area contributed by atoms with Gasteiger partial charge in [-0.1, -0.05) is 19.1 Å². The molecule has 1 unspecified atom stereocenters. The molecule has 1 fully saturated rings. The molecule has 1 aromatic carbocycles. The molecule has 112 valence electrons. The van der Waals surface area contributed by atoms with Gasteiger partial charge in [0.15, 0.2) is 0 Å². The summed E-state index contributed by atoms with van der Waals surface area (Å²) in [6.45, 7) is 6.37. The quantitative estimate of drug-likeness (QED) is 0.904. The molecule has 1 atom stereocenters. The van der Waals surface area contributed by atoms with Crippen LogP contribution in [0.1, 0.15) is 44.2 Å². The topological polar surface area (TPSA) is 56.1 Å². The highest BCUT2D eigenvalue weighted by molar-refractivity contribution is 5.86. The maximum absolute atomic E-state index is 12.8. The summed E-state index contributed by atoms with van der Waals surface area (Å²) in [4.78, 5) is 14.7. The summed E-state index contributed by atoms with van der Waals surface area (Å²) in [5.74, 6) is 0.186. The van der Waals surface area contributed by atoms with Crippen molar-refractivity contribution in [1.82, 2.24) is 10.2 Å². The molecule has 1 N–H and O–H groups in total. The number of nitrogens with zero attached hydrogens (tertiary/aromatic N) is 2. The minimum absolute atomic E-state index is 0.186. The van der Waals surface area contributed by atoms with Gasteiger partial charge in [-0.25, -0.2) is 0 Å². The third kappa shape index (κ3) is 3.62. The molecule has 1 heterocycles. The summed E-state index contributed by atoms with van der Waals surface area (Å²) >= 11 is 0. The van der Waals surface area contributed by atoms with Crippen molar-refractivity contribution in [3.8, 4) is 6.07 Å². The number of amides is 1. The van der Waals surface area contributed by atoms with Crippen LogP contribution in [0.4, 0.5) is 0 Å². The lowest BCUT2D eigenvalue weighted by atomic mass is 9.98. The molecule has 1 aliphatic heterocycles. The number of rotatable bonds is 5. The van der Waals surface area contributed by atoms with Crippen LogP contribution in [0.15, 0.2) is 24.3 Å². The fourth-order valence-electron chi connectivity index (χ4n) is 2.85. The second-order valence-electron chi connectivity index (χ2n) is 5.90. The van der Waals surface area contributed by atoms with Crippen LogP contribution in [0.25, 0.3) is 0 Å². The molecule has 0 spiro atoms. The molecule has 0 aliphatic carbocycles. The smallest absolute Gasteiger partial charge is 0.242 e. The second kappa shape index (κ2) is 6.73. The summed E-state index contributed by atoms with van der Waals surface area (Å²) < 4.78 is 0. The van der Waals surface area contributed by atoms with Crippen LogP contribution in [0, 0.1) is 11.3 Å². The van der Waals surface area contributed by atoms with Crippen LogP contribution in [-0.2, 0) is 11.3 Å². The van der Waals surface area contributed by atoms with Gasteiger partial charge in [-0.2, -0.15) is 5.26 Å². The first-order valence-corrected chi connectivity index (χ1v) is 7.62. The number of nitrogens with one attached hydrogen (secondary N) is 1. The van der Waals surface area contributed by atoms with Crippen LogP contribution in [0.2, 0.25) is 0 Å². The molecule has 1 aromatic rings. The maximum Gasteiger partial charge on any atom is 0.242 e. The molecule has 1 amide bonds. The monoisotopic (exact) mass is 285 g/mol. The first-order valence-electron chi connectivity index (χ1n) is 7.62. The Morgan fingerprint density at radius 3 is 2.67 bits per heavy atom. The number of hydrogen-bond donors (Lipinski definition) is 1. The minimum Gasteiger partial charge on any atom is -0.337 e. The molecule has 0 aromatic heterocycles. The van der Waals surface area contributed by atoms with E-state index < -0.39 is 5.54 Å². The summed E-state index contributed by atoms with van der Waals surface area (Å²) in [5, 5.41) is 12.2. The predicted octanol–water partition coefficient (Wildman–Crippen LogP) is 2.44. The predicted molar refractivity (Wildman–Crippen MR) is 82.5 cm³/mol. The molecule has 4 nitrogen and oxygen atoms in total. The Hall–Kier alpha value is -1.86. The van der Waals surface area contributed by atoms with Gasteiger partial charge in [0.2, 0.25) is 5.91 Å². The number of hydrogen-bond acceptors (Lipinski definition) is 3. The Labute approximate surface area is 126 Å². The molecule has 4 heteroatoms. The average Bonchev–Trinajstić information content (AvgIpc) is 2.95. The van der Waals surface area contributed by atoms with E-state index in [1.54, 1.807) is 12.1 Å². The Morgan fingerprint density at radius 1 is 1.43 bits per heavy atom. The summed E-state index contributed by atoms with van der Waals surface area (Å²) in [6.07, 6.45) is 2.90. The second-order valence-corrected chi connectivity index (χ2v) is 5.90. The van der Waals surface area contributed by atoms with Gasteiger partial charge in [0.25, 0.3) is 0 Å². The Balaban J connectivity index is 2.11. The first-order chi connectivity index (χ1) is 10.1. The van der Waals surface area contributed by atoms with E-state index in [0.717, 1.165) is 37.9 Å². The van der Waals surface area contributed by atoms with Crippen LogP contribution >= 0.6 is 0 Å². The fourth-order valence-corrected chi connectivity index (χ4v) is 2.85. The van der Waals surface area contributed by atoms with Crippen LogP contribution < -0.4 is 5.32 Å². The zero-order chi connectivity index (χ0) is 15.3. The lowest BCUT2D eigenvalue weighted by Crippen LogP contribution is -2.52. The van der Waals surface area contributed by atoms with Crippen molar-refractivity contribution in [3.63, 3.8) is 0 Å². The van der Waals surface area contributed by atoms with Crippen molar-refractivity contribution >= 4 is 5.91 Å². The van der Waals surface area contributed by atoms with Gasteiger partial charge in [-0.15, -0.1) is 0 Å². The van der Waals surface area contributed by atoms with Crippen molar-refractivity contribution < 1.29 is 4.79 Å². The molecule has 0 saturated carbocycles. The average molecular weight is 285 g/mol. The van der Waals surface area contributed by atoms with Crippen molar-refractivity contribution in [2.75, 3.05) is 13.1 Å². The highest BCUT2D eigenvalue weighted by atomic mass is 16.2. The zero-order valence-corrected chi connectivity index (χ0v) is 12.9. The SMILES string of the molecule is CCCN(Cc1ccc(C#N)cc1)C(=O)C1(C)CCCN1. The van der Waals surface area contributed by atoms with Gasteiger partial charge in [-0.3, -0.25) is 4.79 Å². The van der Waals surface area contributed by atoms with Crippen LogP contribution in [-0.4, -0.2) is 29.4 Å². The highest BCUT2D eigenvalue weighted by Gasteiger charge is 2.38. The van der Waals surface area contributed by atoms with Crippen LogP contribution in [0.5, 0.6) is 0 Å². The number of benzene rings is 1. The first kappa shape index (κ1) is 15.5. The normalized spacial score (nSPS) is 21.0. The molecule has 1 saturated heterocycles. The number of carbonyl (C=O) groups excluding carboxylic acids is 1. The lowest BCUT2D eigenvalue weighted by Gasteiger charge is -2.32. The van der Waals surface area contributed by atoms with Gasteiger partial charge in [-0.05, 0) is 50.4 Å². The largest absolute Gasteiger partial charge is 0.337 e. The fraction of sp³-hybridized carbons (Fsp3) is 0.529. The van der Waals surface area contributed by atoms with E-state index in [2.05, 4.69) is 18.3 Å². The van der Waals surface area contributed by atoms with E-state index in [1.165, 1.54) is 0 Å². The van der Waals surface area contributed by atoms with Crippen molar-refractivity contribution in [3.05, 3.63) is 35.4 Å². The lowest BCUT2D eigenvalue weighted by molar-refractivity contribution is -0.137. The Kier molecular flexibility index (Phi) is 4.98. The van der Waals surface area contributed by atoms with Crippen molar-refractivity contribution in [2.24, 2.45) is 0 Å². The number of nitriles is 1. The van der Waals surface area contributed by atoms with Gasteiger partial charge in [0.05, 0.1) is 17.2 Å². The maximum atomic E-state index is 12.8. The summed E-state index contributed by atoms with van der Waals surface area (Å²) in [7, 11) is 0. The van der Waals surface area contributed by atoms with Crippen molar-refractivity contribution in [1.29, 1.82) is 5.26 Å². The van der Waals surface area contributed by atoms with Gasteiger partial charge < -0.3 is 10.2 Å². The molecular formula is C17H23N3O. The number of carbonyl (C=O) groups is 1. The van der Waals surface area contributed by atoms with E-state index in [0.29, 0.717) is 12.1 Å². The van der Waals surface area contributed by atoms with E-state index in [-0.39, 0.29) is 5.91 Å². The Morgan fingerprint density at radius 2 is 2.14 bits per heavy atom. The van der Waals surface area contributed by atoms with Crippen LogP contribution in [0.3, 0.4) is 0 Å². The van der Waals surface area contributed by atoms with Gasteiger partial charge in [0, 0.05) is 13.1 Å². The zero-order valence-electron chi connectivity index (χ0n) is 12.9. The van der Waals surface area contributed by atoms with Gasteiger partial charge >= 0.3 is 0 Å². The molecule has 1 aliphatic rings. The van der Waals surface area contributed by atoms with E-state index in [9.17, 15) is 4.79 Å². The third-order valence-corrected chi connectivity index (χ3v) is 4.08. The summed E-state index contributed by atoms with van der Waals surface area (Å²) in [5.41, 5.74) is 1.30. The minimum atomic E-state index is -0.415. The third-order valence-electron chi connectivity index (χ3n) is 4.08. The molecular weight excluding hydrogens is 262 g/mol.